The molecule has 0 spiro atoms. The van der Waals surface area contributed by atoms with Gasteiger partial charge in [0, 0.05) is 51.2 Å². The van der Waals surface area contributed by atoms with Gasteiger partial charge in [0.1, 0.15) is 22.7 Å². The Bertz CT molecular complexity index is 1570. The number of methoxy groups -OCH3 is 1. The van der Waals surface area contributed by atoms with Crippen molar-refractivity contribution >= 4 is 28.7 Å². The molecule has 0 bridgehead atoms. The Morgan fingerprint density at radius 1 is 1.25 bits per heavy atom. The van der Waals surface area contributed by atoms with Crippen LogP contribution >= 0.6 is 0 Å². The zero-order valence-electron chi connectivity index (χ0n) is 22.4. The Morgan fingerprint density at radius 2 is 2.08 bits per heavy atom. The largest absolute Gasteiger partial charge is 0.491 e. The van der Waals surface area contributed by atoms with Gasteiger partial charge in [0.25, 0.3) is 5.92 Å². The van der Waals surface area contributed by atoms with E-state index in [0.29, 0.717) is 59.7 Å². The van der Waals surface area contributed by atoms with Gasteiger partial charge in [0.15, 0.2) is 23.0 Å². The smallest absolute Gasteiger partial charge is 0.286 e. The van der Waals surface area contributed by atoms with E-state index in [9.17, 15) is 13.6 Å². The van der Waals surface area contributed by atoms with Crippen LogP contribution in [0, 0.1) is 5.92 Å². The third-order valence-electron chi connectivity index (χ3n) is 7.10. The van der Waals surface area contributed by atoms with Gasteiger partial charge in [-0.1, -0.05) is 0 Å². The highest BCUT2D eigenvalue weighted by Gasteiger charge is 2.34. The normalized spacial score (nSPS) is 17.4. The number of ketones is 1. The average Bonchev–Trinajstić information content (AvgIpc) is 3.31. The number of aromatic nitrogens is 6. The number of pyridine rings is 2. The fourth-order valence-corrected chi connectivity index (χ4v) is 4.87. The lowest BCUT2D eigenvalue weighted by atomic mass is 10.1. The number of Topliss-reactive ketones (excluding diaryl/α,β-unsaturated/α-hetero) is 1. The van der Waals surface area contributed by atoms with Crippen molar-refractivity contribution < 1.29 is 27.8 Å². The summed E-state index contributed by atoms with van der Waals surface area (Å²) in [6, 6.07) is 4.48. The number of ether oxygens (including phenoxy) is 3. The maximum Gasteiger partial charge on any atom is 0.286 e. The van der Waals surface area contributed by atoms with Gasteiger partial charge in [-0.05, 0) is 25.3 Å². The van der Waals surface area contributed by atoms with Gasteiger partial charge in [-0.15, -0.1) is 0 Å². The van der Waals surface area contributed by atoms with Gasteiger partial charge < -0.3 is 24.1 Å². The number of rotatable bonds is 10. The fraction of sp³-hybridized carbons (Fsp3) is 0.444. The van der Waals surface area contributed by atoms with E-state index in [-0.39, 0.29) is 35.7 Å². The Balaban J connectivity index is 1.28. The second kappa shape index (κ2) is 10.1. The number of anilines is 2. The molecule has 1 aliphatic carbocycles. The number of hydrogen-bond acceptors (Lipinski definition) is 9. The number of alkyl halides is 2. The number of halogens is 2. The van der Waals surface area contributed by atoms with E-state index in [2.05, 4.69) is 25.4 Å². The van der Waals surface area contributed by atoms with Crippen LogP contribution in [0.2, 0.25) is 0 Å². The van der Waals surface area contributed by atoms with Crippen molar-refractivity contribution in [1.82, 2.24) is 29.3 Å². The molecular weight excluding hydrogens is 524 g/mol. The Hall–Kier alpha value is -4.13. The van der Waals surface area contributed by atoms with E-state index >= 15 is 0 Å². The van der Waals surface area contributed by atoms with Crippen molar-refractivity contribution in [1.29, 1.82) is 0 Å². The highest BCUT2D eigenvalue weighted by Crippen LogP contribution is 2.39. The number of fused-ring (bicyclic) bond motifs is 1. The summed E-state index contributed by atoms with van der Waals surface area (Å²) in [6.07, 6.45) is 5.86. The van der Waals surface area contributed by atoms with Gasteiger partial charge in [0.05, 0.1) is 31.6 Å². The summed E-state index contributed by atoms with van der Waals surface area (Å²) in [4.78, 5) is 25.5. The molecule has 1 aliphatic heterocycles. The van der Waals surface area contributed by atoms with Crippen LogP contribution in [0.4, 0.5) is 20.5 Å². The maximum absolute atomic E-state index is 14.4. The number of nitrogens with one attached hydrogen (secondary N) is 1. The van der Waals surface area contributed by atoms with Gasteiger partial charge in [-0.3, -0.25) is 14.5 Å². The van der Waals surface area contributed by atoms with E-state index in [1.807, 2.05) is 0 Å². The molecule has 4 aromatic rings. The monoisotopic (exact) mass is 553 g/mol. The molecule has 2 aliphatic rings. The molecule has 13 heteroatoms. The van der Waals surface area contributed by atoms with Crippen molar-refractivity contribution in [3.05, 3.63) is 42.0 Å². The van der Waals surface area contributed by atoms with Crippen LogP contribution in [-0.4, -0.2) is 55.4 Å². The molecule has 6 rings (SSSR count). The summed E-state index contributed by atoms with van der Waals surface area (Å²) in [5, 5.41) is 7.46. The molecule has 4 aromatic heterocycles. The zero-order valence-corrected chi connectivity index (χ0v) is 22.4. The molecule has 40 heavy (non-hydrogen) atoms. The molecule has 1 saturated heterocycles. The minimum Gasteiger partial charge on any atom is -0.491 e. The standard InChI is InChI=1S/C27H29F2N7O4/c1-27(28,29)21-12-22(34-36(21)17-7-9-39-14-17)32-26-33-25-23(35(26)2)24(38-3)20(13-31-25)40-18-6-8-30-16(10-18)11-19(37)15-4-5-15/h6,8,10,12-13,15,17H,4-5,7,9,11,14H2,1-3H3,(H,31,32,33,34)/t17-/m0/s1. The average molecular weight is 554 g/mol. The summed E-state index contributed by atoms with van der Waals surface area (Å²) in [5.41, 5.74) is 1.33. The first-order chi connectivity index (χ1) is 19.2. The van der Waals surface area contributed by atoms with Gasteiger partial charge in [-0.2, -0.15) is 18.9 Å². The van der Waals surface area contributed by atoms with Crippen LogP contribution < -0.4 is 14.8 Å². The minimum atomic E-state index is -3.09. The molecule has 0 amide bonds. The number of carbonyl (C=O) groups is 1. The van der Waals surface area contributed by atoms with E-state index in [0.717, 1.165) is 19.8 Å². The van der Waals surface area contributed by atoms with Crippen LogP contribution in [0.5, 0.6) is 17.2 Å². The molecule has 5 heterocycles. The molecule has 210 valence electrons. The van der Waals surface area contributed by atoms with Crippen molar-refractivity contribution in [2.45, 2.75) is 44.6 Å². The van der Waals surface area contributed by atoms with Gasteiger partial charge in [0.2, 0.25) is 5.95 Å². The lowest BCUT2D eigenvalue weighted by molar-refractivity contribution is -0.119. The summed E-state index contributed by atoms with van der Waals surface area (Å²) < 4.78 is 49.0. The molecule has 1 N–H and O–H groups in total. The lowest BCUT2D eigenvalue weighted by Gasteiger charge is -2.16. The predicted molar refractivity (Wildman–Crippen MR) is 140 cm³/mol. The number of imidazole rings is 1. The zero-order chi connectivity index (χ0) is 28.0. The van der Waals surface area contributed by atoms with Crippen molar-refractivity contribution in [3.63, 3.8) is 0 Å². The number of carbonyl (C=O) groups excluding carboxylic acids is 1. The van der Waals surface area contributed by atoms with Crippen LogP contribution in [0.1, 0.15) is 43.6 Å². The Morgan fingerprint density at radius 3 is 2.77 bits per heavy atom. The molecule has 0 aromatic carbocycles. The summed E-state index contributed by atoms with van der Waals surface area (Å²) in [5.74, 6) is -0.968. The van der Waals surface area contributed by atoms with E-state index in [4.69, 9.17) is 14.2 Å². The van der Waals surface area contributed by atoms with E-state index in [1.54, 1.807) is 29.9 Å². The van der Waals surface area contributed by atoms with Gasteiger partial charge >= 0.3 is 0 Å². The van der Waals surface area contributed by atoms with Gasteiger partial charge in [-0.25, -0.2) is 4.98 Å². The first-order valence-corrected chi connectivity index (χ1v) is 13.1. The second-order valence-corrected chi connectivity index (χ2v) is 10.2. The highest BCUT2D eigenvalue weighted by atomic mass is 19.3. The van der Waals surface area contributed by atoms with Crippen molar-refractivity contribution in [2.75, 3.05) is 25.6 Å². The molecule has 0 unspecified atom stereocenters. The van der Waals surface area contributed by atoms with Crippen molar-refractivity contribution in [2.24, 2.45) is 13.0 Å². The molecule has 1 atom stereocenters. The SMILES string of the molecule is COc1c(Oc2ccnc(CC(=O)C3CC3)c2)cnc2nc(Nc3cc(C(C)(F)F)n([C@H]4CCOC4)n3)n(C)c12. The lowest BCUT2D eigenvalue weighted by Crippen LogP contribution is -2.20. The third-order valence-corrected chi connectivity index (χ3v) is 7.10. The summed E-state index contributed by atoms with van der Waals surface area (Å²) in [6.45, 7) is 1.68. The predicted octanol–water partition coefficient (Wildman–Crippen LogP) is 4.70. The molecule has 2 fully saturated rings. The van der Waals surface area contributed by atoms with Crippen molar-refractivity contribution in [3.8, 4) is 17.2 Å². The first kappa shape index (κ1) is 26.1. The quantitative estimate of drug-likeness (QED) is 0.298. The Labute approximate surface area is 228 Å². The second-order valence-electron chi connectivity index (χ2n) is 10.2. The minimum absolute atomic E-state index is 0.154. The van der Waals surface area contributed by atoms with Crippen LogP contribution in [-0.2, 0) is 28.9 Å². The number of nitrogens with zero attached hydrogens (tertiary/aromatic N) is 6. The third kappa shape index (κ3) is 5.08. The van der Waals surface area contributed by atoms with Crippen LogP contribution in [0.25, 0.3) is 11.2 Å². The fourth-order valence-electron chi connectivity index (χ4n) is 4.87. The molecule has 0 radical (unpaired) electrons. The molecule has 1 saturated carbocycles. The highest BCUT2D eigenvalue weighted by molar-refractivity contribution is 5.85. The van der Waals surface area contributed by atoms with Crippen LogP contribution in [0.15, 0.2) is 30.6 Å². The number of hydrogen-bond donors (Lipinski definition) is 1. The molecule has 11 nitrogen and oxygen atoms in total. The maximum atomic E-state index is 14.4. The number of aryl methyl sites for hydroxylation is 1. The first-order valence-electron chi connectivity index (χ1n) is 13.1. The van der Waals surface area contributed by atoms with E-state index in [1.165, 1.54) is 24.1 Å². The van der Waals surface area contributed by atoms with Crippen LogP contribution in [0.3, 0.4) is 0 Å². The summed E-state index contributed by atoms with van der Waals surface area (Å²) in [7, 11) is 3.26. The summed E-state index contributed by atoms with van der Waals surface area (Å²) >= 11 is 0. The Kier molecular flexibility index (Phi) is 6.61. The molecular formula is C27H29F2N7O4. The topological polar surface area (TPSA) is 118 Å². The van der Waals surface area contributed by atoms with E-state index < -0.39 is 5.92 Å².